The Morgan fingerprint density at radius 2 is 2.00 bits per heavy atom. The Balaban J connectivity index is 4.14. The first kappa shape index (κ1) is 11.3. The zero-order chi connectivity index (χ0) is 9.72. The highest BCUT2D eigenvalue weighted by Crippen LogP contribution is 2.00. The highest BCUT2D eigenvalue weighted by Gasteiger charge is 2.20. The quantitative estimate of drug-likeness (QED) is 0.525. The summed E-state index contributed by atoms with van der Waals surface area (Å²) in [7, 11) is 0. The zero-order valence-electron chi connectivity index (χ0n) is 7.20. The molecule has 0 fully saturated rings. The Hall–Kier alpha value is -0.710. The Bertz CT molecular complexity index is 182. The van der Waals surface area contributed by atoms with Crippen molar-refractivity contribution in [2.75, 3.05) is 5.75 Å². The first-order valence-electron chi connectivity index (χ1n) is 3.68. The summed E-state index contributed by atoms with van der Waals surface area (Å²) in [6.45, 7) is 3.63. The van der Waals surface area contributed by atoms with Gasteiger partial charge in [0, 0.05) is 0 Å². The number of hydrogen-bond acceptors (Lipinski definition) is 3. The molecule has 0 aromatic heterocycles. The fraction of sp³-hybridized carbons (Fsp3) is 0.714. The summed E-state index contributed by atoms with van der Waals surface area (Å²) in [4.78, 5) is 21.6. The molecule has 4 nitrogen and oxygen atoms in total. The third-order valence-corrected chi connectivity index (χ3v) is 1.72. The van der Waals surface area contributed by atoms with E-state index in [1.807, 2.05) is 13.8 Å². The van der Waals surface area contributed by atoms with Crippen molar-refractivity contribution in [1.29, 1.82) is 0 Å². The molecule has 0 bridgehead atoms. The van der Waals surface area contributed by atoms with E-state index in [0.717, 1.165) is 0 Å². The van der Waals surface area contributed by atoms with Crippen LogP contribution in [0.5, 0.6) is 0 Å². The van der Waals surface area contributed by atoms with Gasteiger partial charge < -0.3 is 11.1 Å². The normalized spacial score (nSPS) is 12.7. The molecule has 3 N–H and O–H groups in total. The summed E-state index contributed by atoms with van der Waals surface area (Å²) in [6.07, 6.45) is 0. The van der Waals surface area contributed by atoms with Crippen molar-refractivity contribution in [3.63, 3.8) is 0 Å². The highest BCUT2D eigenvalue weighted by atomic mass is 32.1. The van der Waals surface area contributed by atoms with E-state index < -0.39 is 11.9 Å². The fourth-order valence-corrected chi connectivity index (χ4v) is 0.877. The number of carbonyl (C=O) groups excluding carboxylic acids is 2. The van der Waals surface area contributed by atoms with Crippen LogP contribution in [0.2, 0.25) is 0 Å². The first-order valence-corrected chi connectivity index (χ1v) is 4.31. The van der Waals surface area contributed by atoms with Crippen LogP contribution in [-0.4, -0.2) is 23.6 Å². The summed E-state index contributed by atoms with van der Waals surface area (Å²) in [5.41, 5.74) is 5.06. The van der Waals surface area contributed by atoms with Gasteiger partial charge in [-0.2, -0.15) is 12.6 Å². The van der Waals surface area contributed by atoms with E-state index in [9.17, 15) is 9.59 Å². The minimum Gasteiger partial charge on any atom is -0.368 e. The maximum atomic E-state index is 10.8. The van der Waals surface area contributed by atoms with Gasteiger partial charge in [-0.25, -0.2) is 0 Å². The minimum absolute atomic E-state index is 0.00586. The molecule has 0 heterocycles. The van der Waals surface area contributed by atoms with Crippen LogP contribution < -0.4 is 11.1 Å². The molecule has 0 saturated carbocycles. The van der Waals surface area contributed by atoms with Crippen molar-refractivity contribution in [1.82, 2.24) is 5.32 Å². The second kappa shape index (κ2) is 5.03. The second-order valence-corrected chi connectivity index (χ2v) is 3.17. The van der Waals surface area contributed by atoms with Gasteiger partial charge in [-0.3, -0.25) is 9.59 Å². The van der Waals surface area contributed by atoms with E-state index in [4.69, 9.17) is 5.73 Å². The number of rotatable bonds is 4. The van der Waals surface area contributed by atoms with Gasteiger partial charge in [0.2, 0.25) is 11.8 Å². The largest absolute Gasteiger partial charge is 0.368 e. The van der Waals surface area contributed by atoms with Crippen molar-refractivity contribution in [3.05, 3.63) is 0 Å². The van der Waals surface area contributed by atoms with Gasteiger partial charge in [-0.1, -0.05) is 13.8 Å². The molecule has 70 valence electrons. The Kier molecular flexibility index (Phi) is 4.73. The van der Waals surface area contributed by atoms with Crippen LogP contribution in [0.25, 0.3) is 0 Å². The van der Waals surface area contributed by atoms with Crippen molar-refractivity contribution in [2.24, 2.45) is 11.7 Å². The lowest BCUT2D eigenvalue weighted by Gasteiger charge is -2.17. The van der Waals surface area contributed by atoms with Crippen LogP contribution in [0.1, 0.15) is 13.8 Å². The fourth-order valence-electron chi connectivity index (χ4n) is 0.785. The highest BCUT2D eigenvalue weighted by molar-refractivity contribution is 7.81. The molecule has 0 aromatic carbocycles. The predicted molar refractivity (Wildman–Crippen MR) is 49.8 cm³/mol. The van der Waals surface area contributed by atoms with Crippen LogP contribution >= 0.6 is 12.6 Å². The van der Waals surface area contributed by atoms with Gasteiger partial charge in [-0.15, -0.1) is 0 Å². The van der Waals surface area contributed by atoms with Crippen LogP contribution in [0.3, 0.4) is 0 Å². The van der Waals surface area contributed by atoms with E-state index >= 15 is 0 Å². The number of thiol groups is 1. The molecule has 0 spiro atoms. The molecule has 5 heteroatoms. The van der Waals surface area contributed by atoms with Crippen molar-refractivity contribution >= 4 is 24.4 Å². The lowest BCUT2D eigenvalue weighted by Crippen LogP contribution is -2.48. The Labute approximate surface area is 77.3 Å². The predicted octanol–water partition coefficient (Wildman–Crippen LogP) is -0.458. The second-order valence-electron chi connectivity index (χ2n) is 2.85. The van der Waals surface area contributed by atoms with Gasteiger partial charge in [0.05, 0.1) is 5.75 Å². The molecule has 0 aromatic rings. The number of nitrogens with two attached hydrogens (primary N) is 1. The van der Waals surface area contributed by atoms with Gasteiger partial charge in [0.25, 0.3) is 0 Å². The van der Waals surface area contributed by atoms with Gasteiger partial charge >= 0.3 is 0 Å². The average Bonchev–Trinajstić information content (AvgIpc) is 1.98. The van der Waals surface area contributed by atoms with Crippen molar-refractivity contribution in [3.8, 4) is 0 Å². The van der Waals surface area contributed by atoms with E-state index in [-0.39, 0.29) is 17.6 Å². The smallest absolute Gasteiger partial charge is 0.240 e. The number of hydrogen-bond donors (Lipinski definition) is 3. The lowest BCUT2D eigenvalue weighted by molar-refractivity contribution is -0.126. The third-order valence-electron chi connectivity index (χ3n) is 1.43. The summed E-state index contributed by atoms with van der Waals surface area (Å²) >= 11 is 3.76. The molecule has 0 aliphatic rings. The molecule has 2 amide bonds. The summed E-state index contributed by atoms with van der Waals surface area (Å²) < 4.78 is 0. The third kappa shape index (κ3) is 3.61. The van der Waals surface area contributed by atoms with E-state index in [1.54, 1.807) is 0 Å². The number of nitrogens with one attached hydrogen (secondary N) is 1. The summed E-state index contributed by atoms with van der Waals surface area (Å²) in [5, 5.41) is 2.48. The number of primary amides is 1. The molecule has 1 unspecified atom stereocenters. The first-order chi connectivity index (χ1) is 5.49. The van der Waals surface area contributed by atoms with Gasteiger partial charge in [0.1, 0.15) is 6.04 Å². The summed E-state index contributed by atoms with van der Waals surface area (Å²) in [6, 6.07) is -0.593. The Morgan fingerprint density at radius 1 is 1.50 bits per heavy atom. The molecular weight excluding hydrogens is 176 g/mol. The average molecular weight is 190 g/mol. The maximum absolute atomic E-state index is 10.8. The van der Waals surface area contributed by atoms with Crippen LogP contribution in [0, 0.1) is 5.92 Å². The molecular formula is C7H14N2O2S. The monoisotopic (exact) mass is 190 g/mol. The molecule has 0 aliphatic carbocycles. The van der Waals surface area contributed by atoms with Crippen molar-refractivity contribution < 1.29 is 9.59 Å². The molecule has 0 radical (unpaired) electrons. The van der Waals surface area contributed by atoms with E-state index in [1.165, 1.54) is 0 Å². The van der Waals surface area contributed by atoms with Crippen LogP contribution in [0.4, 0.5) is 0 Å². The Morgan fingerprint density at radius 3 is 2.25 bits per heavy atom. The van der Waals surface area contributed by atoms with Crippen LogP contribution in [-0.2, 0) is 9.59 Å². The SMILES string of the molecule is CC(C)C(NC(=O)CS)C(N)=O. The topological polar surface area (TPSA) is 72.2 Å². The van der Waals surface area contributed by atoms with Crippen molar-refractivity contribution in [2.45, 2.75) is 19.9 Å². The number of carbonyl (C=O) groups is 2. The molecule has 0 rings (SSSR count). The van der Waals surface area contributed by atoms with Crippen LogP contribution in [0.15, 0.2) is 0 Å². The molecule has 0 saturated heterocycles. The van der Waals surface area contributed by atoms with E-state index in [2.05, 4.69) is 17.9 Å². The molecule has 12 heavy (non-hydrogen) atoms. The minimum atomic E-state index is -0.593. The van der Waals surface area contributed by atoms with E-state index in [0.29, 0.717) is 0 Å². The van der Waals surface area contributed by atoms with Gasteiger partial charge in [0.15, 0.2) is 0 Å². The summed E-state index contributed by atoms with van der Waals surface area (Å²) in [5.74, 6) is -0.724. The lowest BCUT2D eigenvalue weighted by atomic mass is 10.0. The molecule has 0 aliphatic heterocycles. The maximum Gasteiger partial charge on any atom is 0.240 e. The standard InChI is InChI=1S/C7H14N2O2S/c1-4(2)6(7(8)11)9-5(10)3-12/h4,6,12H,3H2,1-2H3,(H2,8,11)(H,9,10). The molecule has 1 atom stereocenters. The number of amides is 2. The zero-order valence-corrected chi connectivity index (χ0v) is 8.10. The van der Waals surface area contributed by atoms with Gasteiger partial charge in [-0.05, 0) is 5.92 Å².